The van der Waals surface area contributed by atoms with Crippen molar-refractivity contribution in [2.75, 3.05) is 64.1 Å². The minimum absolute atomic E-state index is 0.0165. The molecule has 0 bridgehead atoms. The van der Waals surface area contributed by atoms with Gasteiger partial charge in [0, 0.05) is 56.4 Å². The van der Waals surface area contributed by atoms with E-state index in [9.17, 15) is 18.4 Å². The van der Waals surface area contributed by atoms with Crippen LogP contribution in [0.15, 0.2) is 60.8 Å². The average Bonchev–Trinajstić information content (AvgIpc) is 3.47. The van der Waals surface area contributed by atoms with Crippen molar-refractivity contribution in [2.45, 2.75) is 18.7 Å². The summed E-state index contributed by atoms with van der Waals surface area (Å²) in [6, 6.07) is 11.1. The second-order valence-electron chi connectivity index (χ2n) is 11.7. The fraction of sp³-hybridized carbons (Fsp3) is 0.343. The number of piperazine rings is 1. The van der Waals surface area contributed by atoms with Crippen molar-refractivity contribution in [3.05, 3.63) is 83.8 Å². The van der Waals surface area contributed by atoms with E-state index in [1.807, 2.05) is 0 Å². The normalized spacial score (nSPS) is 16.9. The molecule has 11 nitrogen and oxygen atoms in total. The van der Waals surface area contributed by atoms with Crippen LogP contribution in [0.2, 0.25) is 0 Å². The lowest BCUT2D eigenvalue weighted by atomic mass is 10.1. The molecule has 0 aliphatic carbocycles. The van der Waals surface area contributed by atoms with Gasteiger partial charge in [0.15, 0.2) is 23.1 Å². The summed E-state index contributed by atoms with van der Waals surface area (Å²) in [4.78, 5) is 34.5. The van der Waals surface area contributed by atoms with Gasteiger partial charge in [-0.05, 0) is 54.9 Å². The van der Waals surface area contributed by atoms with Crippen LogP contribution in [-0.4, -0.2) is 90.5 Å². The first-order valence-corrected chi connectivity index (χ1v) is 17.2. The highest BCUT2D eigenvalue weighted by Gasteiger charge is 2.35. The molecule has 50 heavy (non-hydrogen) atoms. The maximum atomic E-state index is 15.5. The van der Waals surface area contributed by atoms with Crippen molar-refractivity contribution < 1.29 is 37.0 Å². The molecule has 2 saturated heterocycles. The number of anilines is 1. The van der Waals surface area contributed by atoms with Crippen LogP contribution in [0, 0.1) is 17.5 Å². The van der Waals surface area contributed by atoms with Gasteiger partial charge in [-0.15, -0.1) is 11.8 Å². The molecule has 4 aromatic rings. The molecule has 0 radical (unpaired) electrons. The summed E-state index contributed by atoms with van der Waals surface area (Å²) in [5.41, 5.74) is 3.06. The number of likely N-dealkylation sites (N-methyl/N-ethyl adjacent to an activating group) is 1. The minimum Gasteiger partial charge on any atom is -0.493 e. The number of methoxy groups -OCH3 is 1. The zero-order chi connectivity index (χ0) is 35.2. The summed E-state index contributed by atoms with van der Waals surface area (Å²) in [6.07, 6.45) is 2.42. The summed E-state index contributed by atoms with van der Waals surface area (Å²) in [7, 11) is 1.55. The third kappa shape index (κ3) is 8.17. The summed E-state index contributed by atoms with van der Waals surface area (Å²) >= 11 is 1.17. The van der Waals surface area contributed by atoms with Crippen LogP contribution in [-0.2, 0) is 4.79 Å². The Bertz CT molecular complexity index is 1860. The summed E-state index contributed by atoms with van der Waals surface area (Å²) < 4.78 is 60.5. The van der Waals surface area contributed by atoms with Crippen LogP contribution in [0.3, 0.4) is 0 Å². The number of halogens is 3. The number of aromatic nitrogens is 1. The van der Waals surface area contributed by atoms with Gasteiger partial charge in [-0.2, -0.15) is 0 Å². The smallest absolute Gasteiger partial charge is 0.338 e. The van der Waals surface area contributed by atoms with E-state index in [1.54, 1.807) is 37.6 Å². The van der Waals surface area contributed by atoms with E-state index >= 15 is 4.39 Å². The van der Waals surface area contributed by atoms with Crippen molar-refractivity contribution in [1.82, 2.24) is 25.2 Å². The number of benzene rings is 3. The van der Waals surface area contributed by atoms with Gasteiger partial charge in [-0.3, -0.25) is 9.78 Å². The molecule has 0 spiro atoms. The van der Waals surface area contributed by atoms with Crippen molar-refractivity contribution in [1.29, 1.82) is 0 Å². The molecule has 2 aliphatic heterocycles. The van der Waals surface area contributed by atoms with Gasteiger partial charge in [0.2, 0.25) is 0 Å². The highest BCUT2D eigenvalue weighted by atomic mass is 32.2. The Balaban J connectivity index is 1.11. The van der Waals surface area contributed by atoms with Gasteiger partial charge >= 0.3 is 6.03 Å². The van der Waals surface area contributed by atoms with Crippen LogP contribution >= 0.6 is 11.8 Å². The molecule has 2 fully saturated rings. The van der Waals surface area contributed by atoms with Crippen molar-refractivity contribution in [3.8, 4) is 23.0 Å². The Morgan fingerprint density at radius 3 is 2.48 bits per heavy atom. The second kappa shape index (κ2) is 15.9. The molecule has 6 rings (SSSR count). The number of ether oxygens (including phenoxy) is 3. The lowest BCUT2D eigenvalue weighted by Crippen LogP contribution is -2.46. The van der Waals surface area contributed by atoms with E-state index in [-0.39, 0.29) is 17.2 Å². The Morgan fingerprint density at radius 1 is 0.940 bits per heavy atom. The van der Waals surface area contributed by atoms with E-state index in [1.165, 1.54) is 23.9 Å². The quantitative estimate of drug-likeness (QED) is 0.167. The number of hydrogen-bond donors (Lipinski definition) is 2. The number of thioether (sulfide) groups is 1. The van der Waals surface area contributed by atoms with Gasteiger partial charge in [0.05, 0.1) is 30.7 Å². The predicted molar refractivity (Wildman–Crippen MR) is 184 cm³/mol. The van der Waals surface area contributed by atoms with Gasteiger partial charge in [0.1, 0.15) is 22.8 Å². The van der Waals surface area contributed by atoms with E-state index in [4.69, 9.17) is 14.2 Å². The minimum atomic E-state index is -0.979. The molecule has 2 aliphatic rings. The summed E-state index contributed by atoms with van der Waals surface area (Å²) in [5.74, 6) is -1.60. The van der Waals surface area contributed by atoms with Gasteiger partial charge in [0.25, 0.3) is 5.91 Å². The number of nitrogens with zero attached hydrogens (tertiary/aromatic N) is 4. The SMILES string of the molecule is CCN1CCN(CCCOc2cc3nccc(Oc4ccc(C5SCC(=O)N5NC(=O)Nc5ccc(F)cc5F)cc4F)c3cc2OC)CC1. The highest BCUT2D eigenvalue weighted by molar-refractivity contribution is 8.00. The van der Waals surface area contributed by atoms with E-state index in [0.29, 0.717) is 46.4 Å². The van der Waals surface area contributed by atoms with Crippen molar-refractivity contribution in [2.24, 2.45) is 0 Å². The number of fused-ring (bicyclic) bond motifs is 1. The predicted octanol–water partition coefficient (Wildman–Crippen LogP) is 6.17. The number of urea groups is 1. The first kappa shape index (κ1) is 35.1. The number of amides is 3. The van der Waals surface area contributed by atoms with Gasteiger partial charge < -0.3 is 29.3 Å². The Kier molecular flexibility index (Phi) is 11.1. The van der Waals surface area contributed by atoms with Crippen molar-refractivity contribution in [3.63, 3.8) is 0 Å². The zero-order valence-corrected chi connectivity index (χ0v) is 28.4. The molecular formula is C35H37F3N6O5S. The van der Waals surface area contributed by atoms with Crippen LogP contribution in [0.1, 0.15) is 24.3 Å². The molecule has 15 heteroatoms. The molecule has 1 atom stereocenters. The van der Waals surface area contributed by atoms with E-state index in [2.05, 4.69) is 32.5 Å². The fourth-order valence-electron chi connectivity index (χ4n) is 5.80. The molecule has 0 saturated carbocycles. The first-order chi connectivity index (χ1) is 24.2. The number of rotatable bonds is 12. The second-order valence-corrected chi connectivity index (χ2v) is 12.8. The van der Waals surface area contributed by atoms with Gasteiger partial charge in [-0.25, -0.2) is 28.4 Å². The van der Waals surface area contributed by atoms with E-state index < -0.39 is 34.8 Å². The number of pyridine rings is 1. The molecule has 1 unspecified atom stereocenters. The summed E-state index contributed by atoms with van der Waals surface area (Å²) in [5, 5.41) is 3.09. The van der Waals surface area contributed by atoms with Crippen LogP contribution < -0.4 is 25.0 Å². The molecule has 3 aromatic carbocycles. The topological polar surface area (TPSA) is 109 Å². The monoisotopic (exact) mass is 710 g/mol. The number of carbonyl (C=O) groups is 2. The average molecular weight is 711 g/mol. The van der Waals surface area contributed by atoms with Crippen molar-refractivity contribution >= 4 is 40.3 Å². The number of hydrazine groups is 1. The fourth-order valence-corrected chi connectivity index (χ4v) is 6.90. The number of nitrogens with one attached hydrogen (secondary N) is 2. The highest BCUT2D eigenvalue weighted by Crippen LogP contribution is 2.41. The third-order valence-corrected chi connectivity index (χ3v) is 9.72. The molecule has 264 valence electrons. The van der Waals surface area contributed by atoms with Gasteiger partial charge in [-0.1, -0.05) is 13.0 Å². The standard InChI is InChI=1S/C35H37F3N6O5S/c1-3-42-12-14-43(15-13-42)11-4-16-48-32-20-28-24(19-31(32)47-2)29(9-10-39-28)49-30-8-5-22(17-26(30)38)34-44(33(45)21-50-34)41-35(46)40-27-7-6-23(36)18-25(27)37/h5-10,17-20,34H,3-4,11-16,21H2,1-2H3,(H2,40,41,46). The molecule has 3 amide bonds. The number of hydrogen-bond acceptors (Lipinski definition) is 9. The lowest BCUT2D eigenvalue weighted by molar-refractivity contribution is -0.130. The molecule has 2 N–H and O–H groups in total. The van der Waals surface area contributed by atoms with E-state index in [0.717, 1.165) is 62.8 Å². The Hall–Kier alpha value is -4.73. The Morgan fingerprint density at radius 2 is 1.74 bits per heavy atom. The van der Waals surface area contributed by atoms with Crippen LogP contribution in [0.25, 0.3) is 10.9 Å². The Labute approximate surface area is 291 Å². The zero-order valence-electron chi connectivity index (χ0n) is 27.6. The maximum Gasteiger partial charge on any atom is 0.338 e. The molecular weight excluding hydrogens is 673 g/mol. The first-order valence-electron chi connectivity index (χ1n) is 16.2. The third-order valence-electron chi connectivity index (χ3n) is 8.51. The van der Waals surface area contributed by atoms with Crippen LogP contribution in [0.4, 0.5) is 23.7 Å². The molecule has 1 aromatic heterocycles. The lowest BCUT2D eigenvalue weighted by Gasteiger charge is -2.33. The number of carbonyl (C=O) groups excluding carboxylic acids is 2. The maximum absolute atomic E-state index is 15.5. The molecule has 3 heterocycles. The summed E-state index contributed by atoms with van der Waals surface area (Å²) in [6.45, 7) is 9.01. The largest absolute Gasteiger partial charge is 0.493 e. The van der Waals surface area contributed by atoms with Crippen LogP contribution in [0.5, 0.6) is 23.0 Å².